The number of aliphatic imine (C=N–C) groups is 1. The zero-order chi connectivity index (χ0) is 21.5. The van der Waals surface area contributed by atoms with Crippen molar-refractivity contribution in [2.24, 2.45) is 10.9 Å². The van der Waals surface area contributed by atoms with Crippen molar-refractivity contribution in [2.75, 3.05) is 69.3 Å². The highest BCUT2D eigenvalue weighted by molar-refractivity contribution is 14.0. The van der Waals surface area contributed by atoms with Crippen molar-refractivity contribution in [3.05, 3.63) is 48.7 Å². The van der Waals surface area contributed by atoms with E-state index in [-0.39, 0.29) is 24.0 Å². The zero-order valence-electron chi connectivity index (χ0n) is 19.1. The molecule has 174 valence electrons. The van der Waals surface area contributed by atoms with Crippen molar-refractivity contribution in [3.8, 4) is 5.75 Å². The predicted molar refractivity (Wildman–Crippen MR) is 143 cm³/mol. The van der Waals surface area contributed by atoms with Crippen molar-refractivity contribution >= 4 is 41.4 Å². The third-order valence-corrected chi connectivity index (χ3v) is 6.10. The van der Waals surface area contributed by atoms with Gasteiger partial charge >= 0.3 is 0 Å². The van der Waals surface area contributed by atoms with Crippen LogP contribution in [-0.4, -0.2) is 75.3 Å². The van der Waals surface area contributed by atoms with E-state index in [0.717, 1.165) is 76.3 Å². The normalized spacial score (nSPS) is 19.0. The SMILES string of the molecule is CCNC(=NCC1CCN(c2ccccc2OC)C1)N1CCN(c2ccccn2)CC1.I. The zero-order valence-corrected chi connectivity index (χ0v) is 21.4. The van der Waals surface area contributed by atoms with Crippen LogP contribution in [0.25, 0.3) is 0 Å². The van der Waals surface area contributed by atoms with Crippen LogP contribution in [0.2, 0.25) is 0 Å². The smallest absolute Gasteiger partial charge is 0.194 e. The molecule has 8 heteroatoms. The summed E-state index contributed by atoms with van der Waals surface area (Å²) in [6, 6.07) is 14.4. The Labute approximate surface area is 208 Å². The number of benzene rings is 1. The van der Waals surface area contributed by atoms with Gasteiger partial charge in [0.25, 0.3) is 0 Å². The molecular weight excluding hydrogens is 515 g/mol. The van der Waals surface area contributed by atoms with Crippen LogP contribution < -0.4 is 19.9 Å². The summed E-state index contributed by atoms with van der Waals surface area (Å²) in [7, 11) is 1.74. The number of rotatable bonds is 6. The maximum absolute atomic E-state index is 5.55. The maximum Gasteiger partial charge on any atom is 0.194 e. The Kier molecular flexibility index (Phi) is 9.25. The van der Waals surface area contributed by atoms with E-state index < -0.39 is 0 Å². The van der Waals surface area contributed by atoms with Gasteiger partial charge in [-0.25, -0.2) is 4.98 Å². The van der Waals surface area contributed by atoms with E-state index in [1.54, 1.807) is 7.11 Å². The van der Waals surface area contributed by atoms with Crippen LogP contribution in [0.4, 0.5) is 11.5 Å². The number of halogens is 1. The largest absolute Gasteiger partial charge is 0.495 e. The van der Waals surface area contributed by atoms with Gasteiger partial charge in [-0.1, -0.05) is 18.2 Å². The average molecular weight is 550 g/mol. The highest BCUT2D eigenvalue weighted by Crippen LogP contribution is 2.32. The van der Waals surface area contributed by atoms with Gasteiger partial charge in [-0.3, -0.25) is 4.99 Å². The van der Waals surface area contributed by atoms with Crippen molar-refractivity contribution in [3.63, 3.8) is 0 Å². The standard InChI is InChI=1S/C24H34N6O.HI/c1-3-25-24(29-16-14-28(15-17-29)23-10-6-7-12-26-23)27-18-20-11-13-30(19-20)21-8-4-5-9-22(21)31-2;/h4-10,12,20H,3,11,13-19H2,1-2H3,(H,25,27);1H. The lowest BCUT2D eigenvalue weighted by Crippen LogP contribution is -2.52. The molecule has 2 aromatic rings. The third-order valence-electron chi connectivity index (χ3n) is 6.10. The van der Waals surface area contributed by atoms with Crippen molar-refractivity contribution < 1.29 is 4.74 Å². The molecule has 1 aromatic carbocycles. The van der Waals surface area contributed by atoms with Gasteiger partial charge in [0.15, 0.2) is 5.96 Å². The summed E-state index contributed by atoms with van der Waals surface area (Å²) in [6.07, 6.45) is 3.03. The Morgan fingerprint density at radius 1 is 1.06 bits per heavy atom. The van der Waals surface area contributed by atoms with Crippen LogP contribution in [0, 0.1) is 5.92 Å². The van der Waals surface area contributed by atoms with Crippen LogP contribution in [-0.2, 0) is 0 Å². The van der Waals surface area contributed by atoms with Crippen LogP contribution in [0.5, 0.6) is 5.75 Å². The second-order valence-corrected chi connectivity index (χ2v) is 8.13. The van der Waals surface area contributed by atoms with Crippen LogP contribution in [0.3, 0.4) is 0 Å². The van der Waals surface area contributed by atoms with Gasteiger partial charge in [-0.2, -0.15) is 0 Å². The number of methoxy groups -OCH3 is 1. The number of para-hydroxylation sites is 2. The molecule has 32 heavy (non-hydrogen) atoms. The number of hydrogen-bond donors (Lipinski definition) is 1. The first-order chi connectivity index (χ1) is 15.3. The molecule has 1 N–H and O–H groups in total. The minimum atomic E-state index is 0. The Bertz CT molecular complexity index is 857. The molecule has 1 aromatic heterocycles. The van der Waals surface area contributed by atoms with Crippen LogP contribution >= 0.6 is 24.0 Å². The van der Waals surface area contributed by atoms with Gasteiger partial charge in [0.2, 0.25) is 0 Å². The Morgan fingerprint density at radius 2 is 1.84 bits per heavy atom. The van der Waals surface area contributed by atoms with Gasteiger partial charge in [0.05, 0.1) is 12.8 Å². The lowest BCUT2D eigenvalue weighted by Gasteiger charge is -2.37. The maximum atomic E-state index is 5.55. The molecule has 0 saturated carbocycles. The third kappa shape index (κ3) is 5.96. The molecule has 3 heterocycles. The van der Waals surface area contributed by atoms with Crippen LogP contribution in [0.1, 0.15) is 13.3 Å². The minimum Gasteiger partial charge on any atom is -0.495 e. The molecule has 1 atom stereocenters. The fraction of sp³-hybridized carbons (Fsp3) is 0.500. The summed E-state index contributed by atoms with van der Waals surface area (Å²) < 4.78 is 5.55. The van der Waals surface area contributed by atoms with Crippen LogP contribution in [0.15, 0.2) is 53.7 Å². The topological polar surface area (TPSA) is 56.2 Å². The molecular formula is C24H35IN6O. The van der Waals surface area contributed by atoms with Gasteiger partial charge in [-0.05, 0) is 43.5 Å². The number of piperazine rings is 1. The number of nitrogens with one attached hydrogen (secondary N) is 1. The van der Waals surface area contributed by atoms with Crippen molar-refractivity contribution in [1.82, 2.24) is 15.2 Å². The van der Waals surface area contributed by atoms with E-state index in [4.69, 9.17) is 9.73 Å². The summed E-state index contributed by atoms with van der Waals surface area (Å²) >= 11 is 0. The fourth-order valence-electron chi connectivity index (χ4n) is 4.42. The average Bonchev–Trinajstić information content (AvgIpc) is 3.31. The number of nitrogens with zero attached hydrogens (tertiary/aromatic N) is 5. The number of ether oxygens (including phenoxy) is 1. The lowest BCUT2D eigenvalue weighted by molar-refractivity contribution is 0.370. The first-order valence-corrected chi connectivity index (χ1v) is 11.4. The summed E-state index contributed by atoms with van der Waals surface area (Å²) in [4.78, 5) is 16.7. The number of anilines is 2. The summed E-state index contributed by atoms with van der Waals surface area (Å²) in [6.45, 7) is 9.81. The van der Waals surface area contributed by atoms with Gasteiger partial charge < -0.3 is 24.8 Å². The highest BCUT2D eigenvalue weighted by atomic mass is 127. The molecule has 0 amide bonds. The predicted octanol–water partition coefficient (Wildman–Crippen LogP) is 3.32. The summed E-state index contributed by atoms with van der Waals surface area (Å²) in [5, 5.41) is 3.50. The Hall–Kier alpha value is -2.23. The quantitative estimate of drug-likeness (QED) is 0.339. The number of aromatic nitrogens is 1. The number of hydrogen-bond acceptors (Lipinski definition) is 5. The van der Waals surface area contributed by atoms with E-state index in [1.165, 1.54) is 5.69 Å². The first kappa shape index (κ1) is 24.4. The Balaban J connectivity index is 0.00000289. The monoisotopic (exact) mass is 550 g/mol. The second kappa shape index (κ2) is 12.1. The van der Waals surface area contributed by atoms with E-state index in [2.05, 4.69) is 56.2 Å². The first-order valence-electron chi connectivity index (χ1n) is 11.4. The molecule has 2 saturated heterocycles. The fourth-order valence-corrected chi connectivity index (χ4v) is 4.42. The molecule has 2 fully saturated rings. The highest BCUT2D eigenvalue weighted by Gasteiger charge is 2.25. The van der Waals surface area contributed by atoms with Gasteiger partial charge in [0, 0.05) is 58.6 Å². The summed E-state index contributed by atoms with van der Waals surface area (Å²) in [5.41, 5.74) is 1.19. The molecule has 4 rings (SSSR count). The van der Waals surface area contributed by atoms with Gasteiger partial charge in [0.1, 0.15) is 11.6 Å². The Morgan fingerprint density at radius 3 is 2.56 bits per heavy atom. The lowest BCUT2D eigenvalue weighted by atomic mass is 10.1. The number of pyridine rings is 1. The van der Waals surface area contributed by atoms with Crippen molar-refractivity contribution in [1.29, 1.82) is 0 Å². The molecule has 7 nitrogen and oxygen atoms in total. The molecule has 0 spiro atoms. The second-order valence-electron chi connectivity index (χ2n) is 8.13. The summed E-state index contributed by atoms with van der Waals surface area (Å²) in [5.74, 6) is 3.62. The molecule has 1 unspecified atom stereocenters. The molecule has 0 aliphatic carbocycles. The molecule has 0 radical (unpaired) electrons. The molecule has 2 aliphatic rings. The molecule has 0 bridgehead atoms. The number of guanidine groups is 1. The van der Waals surface area contributed by atoms with Gasteiger partial charge in [-0.15, -0.1) is 24.0 Å². The minimum absolute atomic E-state index is 0. The van der Waals surface area contributed by atoms with Crippen molar-refractivity contribution in [2.45, 2.75) is 13.3 Å². The van der Waals surface area contributed by atoms with E-state index in [9.17, 15) is 0 Å². The molecule has 2 aliphatic heterocycles. The van der Waals surface area contributed by atoms with E-state index in [0.29, 0.717) is 5.92 Å². The van der Waals surface area contributed by atoms with E-state index in [1.807, 2.05) is 24.4 Å². The van der Waals surface area contributed by atoms with E-state index >= 15 is 0 Å².